The molecule has 0 amide bonds. The zero-order chi connectivity index (χ0) is 25.9. The Bertz CT molecular complexity index is 1560. The lowest BCUT2D eigenvalue weighted by Gasteiger charge is -2.09. The predicted molar refractivity (Wildman–Crippen MR) is 151 cm³/mol. The predicted octanol–water partition coefficient (Wildman–Crippen LogP) is 2.27. The normalized spacial score (nSPS) is 14.7. The summed E-state index contributed by atoms with van der Waals surface area (Å²) < 4.78 is 7.52. The number of nitrogens with two attached hydrogens (primary N) is 2. The largest absolute Gasteiger partial charge is 1.00 e. The van der Waals surface area contributed by atoms with Gasteiger partial charge in [-0.25, -0.2) is 4.98 Å². The van der Waals surface area contributed by atoms with Crippen molar-refractivity contribution < 1.29 is 21.5 Å². The maximum atomic E-state index is 5.81. The smallest absolute Gasteiger partial charge is 0.341 e. The van der Waals surface area contributed by atoms with Crippen LogP contribution in [0.3, 0.4) is 0 Å². The Hall–Kier alpha value is -4.21. The molecule has 0 saturated carbocycles. The van der Waals surface area contributed by atoms with Crippen LogP contribution in [0.1, 0.15) is 18.7 Å². The van der Waals surface area contributed by atoms with Crippen molar-refractivity contribution in [3.8, 4) is 33.8 Å². The van der Waals surface area contributed by atoms with E-state index in [9.17, 15) is 0 Å². The molecule has 1 aliphatic heterocycles. The van der Waals surface area contributed by atoms with Crippen molar-refractivity contribution in [2.75, 3.05) is 11.9 Å². The number of hydrogen-bond acceptors (Lipinski definition) is 6. The van der Waals surface area contributed by atoms with Gasteiger partial charge >= 0.3 is 5.96 Å². The van der Waals surface area contributed by atoms with Gasteiger partial charge in [-0.15, -0.1) is 11.3 Å². The second-order valence-corrected chi connectivity index (χ2v) is 10.2. The van der Waals surface area contributed by atoms with E-state index in [4.69, 9.17) is 21.0 Å². The average molecular weight is 558 g/mol. The molecule has 0 spiro atoms. The summed E-state index contributed by atoms with van der Waals surface area (Å²) in [4.78, 5) is 9.36. The first kappa shape index (κ1) is 26.4. The zero-order valence-electron chi connectivity index (χ0n) is 21.1. The molecule has 8 nitrogen and oxygen atoms in total. The highest BCUT2D eigenvalue weighted by molar-refractivity contribution is 7.14. The zero-order valence-corrected chi connectivity index (χ0v) is 22.7. The summed E-state index contributed by atoms with van der Waals surface area (Å²) in [5, 5.41) is 10.5. The summed E-state index contributed by atoms with van der Waals surface area (Å²) in [6.45, 7) is 0.865. The van der Waals surface area contributed by atoms with Crippen molar-refractivity contribution in [2.45, 2.75) is 25.3 Å². The van der Waals surface area contributed by atoms with Crippen molar-refractivity contribution in [2.24, 2.45) is 11.5 Å². The Morgan fingerprint density at radius 3 is 2.33 bits per heavy atom. The molecule has 6 rings (SSSR count). The highest BCUT2D eigenvalue weighted by atomic mass is 35.5. The third-order valence-electron chi connectivity index (χ3n) is 6.77. The first-order valence-corrected chi connectivity index (χ1v) is 13.5. The summed E-state index contributed by atoms with van der Waals surface area (Å²) in [6.07, 6.45) is 2.69. The van der Waals surface area contributed by atoms with Gasteiger partial charge in [0.1, 0.15) is 0 Å². The molecular formula is C29H28ClN7OS. The third-order valence-corrected chi connectivity index (χ3v) is 7.53. The van der Waals surface area contributed by atoms with Gasteiger partial charge in [0.25, 0.3) is 0 Å². The van der Waals surface area contributed by atoms with Crippen LogP contribution >= 0.6 is 11.3 Å². The minimum Gasteiger partial charge on any atom is -1.00 e. The number of nitrogens with zero attached hydrogens (tertiary/aromatic N) is 4. The molecule has 3 heterocycles. The van der Waals surface area contributed by atoms with E-state index in [0.717, 1.165) is 47.0 Å². The summed E-state index contributed by atoms with van der Waals surface area (Å²) in [5.74, 6) is 1.51. The number of aromatic nitrogens is 3. The van der Waals surface area contributed by atoms with E-state index in [-0.39, 0.29) is 18.4 Å². The molecule has 0 aliphatic carbocycles. The average Bonchev–Trinajstić information content (AvgIpc) is 3.72. The third kappa shape index (κ3) is 5.94. The molecule has 39 heavy (non-hydrogen) atoms. The van der Waals surface area contributed by atoms with Gasteiger partial charge in [0, 0.05) is 22.2 Å². The van der Waals surface area contributed by atoms with Crippen molar-refractivity contribution in [3.05, 3.63) is 90.1 Å². The molecule has 1 fully saturated rings. The van der Waals surface area contributed by atoms with Crippen molar-refractivity contribution in [1.82, 2.24) is 15.1 Å². The van der Waals surface area contributed by atoms with Gasteiger partial charge in [0.15, 0.2) is 5.13 Å². The minimum atomic E-state index is 0. The maximum Gasteiger partial charge on any atom is 0.341 e. The van der Waals surface area contributed by atoms with Crippen LogP contribution in [0, 0.1) is 0 Å². The SMILES string of the molecule is NC(N)=[N+]1CCC[C@H]1Cc1nc(-c2ccc(Nc3nc(-c4ccc(-c5ccccc5)cc4)cs3)cc2)no1.[Cl-]. The lowest BCUT2D eigenvalue weighted by molar-refractivity contribution is -0.545. The monoisotopic (exact) mass is 557 g/mol. The molecule has 0 unspecified atom stereocenters. The molecule has 1 atom stereocenters. The molecule has 2 aromatic heterocycles. The van der Waals surface area contributed by atoms with Gasteiger partial charge in [0.2, 0.25) is 11.7 Å². The number of anilines is 2. The minimum absolute atomic E-state index is 0. The molecule has 198 valence electrons. The van der Waals surface area contributed by atoms with Gasteiger partial charge in [0.05, 0.1) is 24.7 Å². The number of thiazole rings is 1. The number of hydrogen-bond donors (Lipinski definition) is 3. The Balaban J connectivity index is 0.00000308. The van der Waals surface area contributed by atoms with Gasteiger partial charge in [-0.2, -0.15) is 4.98 Å². The van der Waals surface area contributed by atoms with Gasteiger partial charge in [-0.05, 0) is 48.2 Å². The molecule has 5 aromatic rings. The molecular weight excluding hydrogens is 530 g/mol. The first-order valence-electron chi connectivity index (χ1n) is 12.6. The fourth-order valence-corrected chi connectivity index (χ4v) is 5.54. The summed E-state index contributed by atoms with van der Waals surface area (Å²) in [7, 11) is 0. The van der Waals surface area contributed by atoms with Crippen LogP contribution in [-0.2, 0) is 6.42 Å². The summed E-state index contributed by atoms with van der Waals surface area (Å²) in [5.41, 5.74) is 17.9. The van der Waals surface area contributed by atoms with E-state index in [1.54, 1.807) is 11.3 Å². The summed E-state index contributed by atoms with van der Waals surface area (Å²) >= 11 is 1.58. The van der Waals surface area contributed by atoms with Gasteiger partial charge < -0.3 is 22.2 Å². The van der Waals surface area contributed by atoms with E-state index in [1.165, 1.54) is 11.1 Å². The number of nitrogens with one attached hydrogen (secondary N) is 1. The maximum absolute atomic E-state index is 5.81. The van der Waals surface area contributed by atoms with Crippen LogP contribution in [0.15, 0.2) is 88.8 Å². The topological polar surface area (TPSA) is 119 Å². The van der Waals surface area contributed by atoms with E-state index in [2.05, 4.69) is 69.4 Å². The van der Waals surface area contributed by atoms with E-state index in [0.29, 0.717) is 24.1 Å². The Morgan fingerprint density at radius 2 is 1.59 bits per heavy atom. The standard InChI is InChI=1S/C29H27N7OS.ClH/c30-28(31)36-16-4-7-24(36)17-26-34-27(35-37-26)22-12-14-23(15-13-22)32-29-33-25(18-38-29)21-10-8-20(9-11-21)19-5-2-1-3-6-19;/h1-3,5-6,8-15,18,24H,4,7,16-17H2,(H4,30,31,32,33,35);1H/t24-;/m0./s1. The lowest BCUT2D eigenvalue weighted by atomic mass is 10.0. The van der Waals surface area contributed by atoms with Crippen LogP contribution in [0.5, 0.6) is 0 Å². The Kier molecular flexibility index (Phi) is 7.90. The summed E-state index contributed by atoms with van der Waals surface area (Å²) in [6, 6.07) is 27.0. The van der Waals surface area contributed by atoms with Crippen LogP contribution in [0.2, 0.25) is 0 Å². The number of rotatable bonds is 7. The molecule has 0 radical (unpaired) electrons. The van der Waals surface area contributed by atoms with E-state index < -0.39 is 0 Å². The fourth-order valence-electron chi connectivity index (χ4n) is 4.80. The molecule has 10 heteroatoms. The van der Waals surface area contributed by atoms with Crippen molar-refractivity contribution >= 4 is 28.1 Å². The van der Waals surface area contributed by atoms with Crippen molar-refractivity contribution in [1.29, 1.82) is 0 Å². The quantitative estimate of drug-likeness (QED) is 0.207. The van der Waals surface area contributed by atoms with Gasteiger partial charge in [-0.3, -0.25) is 16.0 Å². The fraction of sp³-hybridized carbons (Fsp3) is 0.172. The van der Waals surface area contributed by atoms with Crippen LogP contribution in [-0.4, -0.2) is 38.2 Å². The second-order valence-electron chi connectivity index (χ2n) is 9.31. The van der Waals surface area contributed by atoms with E-state index in [1.807, 2.05) is 34.9 Å². The van der Waals surface area contributed by atoms with Crippen molar-refractivity contribution in [3.63, 3.8) is 0 Å². The van der Waals surface area contributed by atoms with Crippen LogP contribution in [0.25, 0.3) is 33.8 Å². The Labute approximate surface area is 236 Å². The second kappa shape index (κ2) is 11.7. The van der Waals surface area contributed by atoms with Crippen LogP contribution < -0.4 is 29.2 Å². The highest BCUT2D eigenvalue weighted by Gasteiger charge is 2.27. The molecule has 1 saturated heterocycles. The lowest BCUT2D eigenvalue weighted by Crippen LogP contribution is -3.00. The Morgan fingerprint density at radius 1 is 0.897 bits per heavy atom. The first-order chi connectivity index (χ1) is 18.6. The molecule has 0 bridgehead atoms. The highest BCUT2D eigenvalue weighted by Crippen LogP contribution is 2.30. The number of guanidine groups is 1. The number of benzene rings is 3. The van der Waals surface area contributed by atoms with Gasteiger partial charge in [-0.1, -0.05) is 59.8 Å². The number of halogens is 1. The molecule has 3 aromatic carbocycles. The molecule has 5 N–H and O–H groups in total. The van der Waals surface area contributed by atoms with E-state index >= 15 is 0 Å². The van der Waals surface area contributed by atoms with Crippen LogP contribution in [0.4, 0.5) is 10.8 Å². The molecule has 1 aliphatic rings.